The van der Waals surface area contributed by atoms with E-state index in [1.165, 1.54) is 19.2 Å². The molecule has 1 aliphatic rings. The SMILES string of the molecule is COc1cc(/C=C2\SC(=O)N(CC(=O)OCC(C)C)C2=O)ccc1OCc1ccc(F)cc1. The quantitative estimate of drug-likeness (QED) is 0.387. The van der Waals surface area contributed by atoms with Gasteiger partial charge < -0.3 is 14.2 Å². The molecule has 2 amide bonds. The summed E-state index contributed by atoms with van der Waals surface area (Å²) in [7, 11) is 1.49. The maximum atomic E-state index is 13.0. The summed E-state index contributed by atoms with van der Waals surface area (Å²) in [6.07, 6.45) is 1.55. The lowest BCUT2D eigenvalue weighted by Crippen LogP contribution is -2.34. The second-order valence-corrected chi connectivity index (χ2v) is 8.66. The maximum absolute atomic E-state index is 13.0. The Balaban J connectivity index is 1.68. The van der Waals surface area contributed by atoms with Gasteiger partial charge in [-0.15, -0.1) is 0 Å². The number of nitrogens with zero attached hydrogens (tertiary/aromatic N) is 1. The maximum Gasteiger partial charge on any atom is 0.326 e. The molecule has 3 rings (SSSR count). The van der Waals surface area contributed by atoms with Crippen molar-refractivity contribution in [2.75, 3.05) is 20.3 Å². The highest BCUT2D eigenvalue weighted by Gasteiger charge is 2.36. The average Bonchev–Trinajstić information content (AvgIpc) is 3.05. The van der Waals surface area contributed by atoms with E-state index < -0.39 is 23.7 Å². The van der Waals surface area contributed by atoms with Crippen molar-refractivity contribution in [3.05, 3.63) is 64.3 Å². The first-order valence-electron chi connectivity index (χ1n) is 10.2. The zero-order chi connectivity index (χ0) is 24.0. The molecule has 9 heteroatoms. The molecule has 0 bridgehead atoms. The smallest absolute Gasteiger partial charge is 0.326 e. The molecule has 2 aromatic rings. The van der Waals surface area contributed by atoms with Gasteiger partial charge >= 0.3 is 5.97 Å². The predicted octanol–water partition coefficient (Wildman–Crippen LogP) is 4.65. The van der Waals surface area contributed by atoms with Gasteiger partial charge in [0, 0.05) is 0 Å². The van der Waals surface area contributed by atoms with Crippen LogP contribution in [0.15, 0.2) is 47.4 Å². The van der Waals surface area contributed by atoms with Gasteiger partial charge in [-0.3, -0.25) is 19.3 Å². The molecule has 1 fully saturated rings. The zero-order valence-corrected chi connectivity index (χ0v) is 19.3. The Hall–Kier alpha value is -3.33. The third-order valence-electron chi connectivity index (χ3n) is 4.53. The molecule has 1 aliphatic heterocycles. The van der Waals surface area contributed by atoms with Crippen LogP contribution in [-0.2, 0) is 20.9 Å². The van der Waals surface area contributed by atoms with Gasteiger partial charge in [0.05, 0.1) is 18.6 Å². The lowest BCUT2D eigenvalue weighted by Gasteiger charge is -2.13. The number of rotatable bonds is 9. The number of hydrogen-bond donors (Lipinski definition) is 0. The molecule has 0 N–H and O–H groups in total. The second-order valence-electron chi connectivity index (χ2n) is 7.67. The fourth-order valence-corrected chi connectivity index (χ4v) is 3.70. The highest BCUT2D eigenvalue weighted by atomic mass is 32.2. The van der Waals surface area contributed by atoms with Gasteiger partial charge in [0.2, 0.25) is 0 Å². The number of thioether (sulfide) groups is 1. The molecule has 0 radical (unpaired) electrons. The lowest BCUT2D eigenvalue weighted by atomic mass is 10.1. The Bertz CT molecular complexity index is 1070. The molecule has 174 valence electrons. The molecule has 1 saturated heterocycles. The Morgan fingerprint density at radius 3 is 2.52 bits per heavy atom. The summed E-state index contributed by atoms with van der Waals surface area (Å²) in [5, 5.41) is -0.529. The first-order valence-corrected chi connectivity index (χ1v) is 11.0. The molecule has 0 spiro atoms. The monoisotopic (exact) mass is 473 g/mol. The van der Waals surface area contributed by atoms with Crippen LogP contribution < -0.4 is 9.47 Å². The van der Waals surface area contributed by atoms with E-state index in [-0.39, 0.29) is 29.9 Å². The molecule has 2 aromatic carbocycles. The summed E-state index contributed by atoms with van der Waals surface area (Å²) >= 11 is 0.757. The van der Waals surface area contributed by atoms with Gasteiger partial charge in [-0.25, -0.2) is 4.39 Å². The Morgan fingerprint density at radius 1 is 1.12 bits per heavy atom. The topological polar surface area (TPSA) is 82.1 Å². The van der Waals surface area contributed by atoms with E-state index in [0.29, 0.717) is 17.1 Å². The van der Waals surface area contributed by atoms with Crippen LogP contribution in [0.5, 0.6) is 11.5 Å². The fraction of sp³-hybridized carbons (Fsp3) is 0.292. The van der Waals surface area contributed by atoms with E-state index >= 15 is 0 Å². The second kappa shape index (κ2) is 11.0. The summed E-state index contributed by atoms with van der Waals surface area (Å²) in [6, 6.07) is 11.0. The molecule has 1 heterocycles. The van der Waals surface area contributed by atoms with Crippen molar-refractivity contribution < 1.29 is 33.0 Å². The predicted molar refractivity (Wildman–Crippen MR) is 122 cm³/mol. The number of esters is 1. The largest absolute Gasteiger partial charge is 0.493 e. The summed E-state index contributed by atoms with van der Waals surface area (Å²) < 4.78 is 29.2. The number of carbonyl (C=O) groups is 3. The first kappa shape index (κ1) is 24.3. The summed E-state index contributed by atoms with van der Waals surface area (Å²) in [6.45, 7) is 3.81. The van der Waals surface area contributed by atoms with Crippen molar-refractivity contribution in [2.24, 2.45) is 5.92 Å². The van der Waals surface area contributed by atoms with Crippen LogP contribution in [0, 0.1) is 11.7 Å². The number of imide groups is 1. The molecule has 0 unspecified atom stereocenters. The van der Waals surface area contributed by atoms with Crippen molar-refractivity contribution >= 4 is 35.0 Å². The van der Waals surface area contributed by atoms with Crippen molar-refractivity contribution in [1.82, 2.24) is 4.90 Å². The van der Waals surface area contributed by atoms with Crippen LogP contribution >= 0.6 is 11.8 Å². The van der Waals surface area contributed by atoms with E-state index in [1.807, 2.05) is 13.8 Å². The Kier molecular flexibility index (Phi) is 8.11. The van der Waals surface area contributed by atoms with Crippen LogP contribution in [0.25, 0.3) is 6.08 Å². The Morgan fingerprint density at radius 2 is 1.85 bits per heavy atom. The lowest BCUT2D eigenvalue weighted by molar-refractivity contribution is -0.147. The first-order chi connectivity index (χ1) is 15.8. The molecule has 7 nitrogen and oxygen atoms in total. The van der Waals surface area contributed by atoms with Gasteiger partial charge in [-0.2, -0.15) is 0 Å². The highest BCUT2D eigenvalue weighted by molar-refractivity contribution is 8.18. The average molecular weight is 474 g/mol. The van der Waals surface area contributed by atoms with E-state index in [2.05, 4.69) is 0 Å². The van der Waals surface area contributed by atoms with Crippen molar-refractivity contribution in [1.29, 1.82) is 0 Å². The molecule has 0 aliphatic carbocycles. The van der Waals surface area contributed by atoms with Gasteiger partial charge in [-0.05, 0) is 59.1 Å². The minimum atomic E-state index is -0.628. The van der Waals surface area contributed by atoms with Crippen molar-refractivity contribution in [3.8, 4) is 11.5 Å². The number of benzene rings is 2. The minimum absolute atomic E-state index is 0.154. The molecule has 0 atom stereocenters. The Labute approximate surface area is 195 Å². The standard InChI is InChI=1S/C24H24FNO6S/c1-15(2)13-32-22(27)12-26-23(28)21(33-24(26)29)11-17-6-9-19(20(10-17)30-3)31-14-16-4-7-18(25)8-5-16/h4-11,15H,12-14H2,1-3H3/b21-11-. The third-order valence-corrected chi connectivity index (χ3v) is 5.44. The van der Waals surface area contributed by atoms with Gasteiger partial charge in [0.1, 0.15) is 19.0 Å². The number of hydrogen-bond acceptors (Lipinski definition) is 7. The normalized spacial score (nSPS) is 14.8. The van der Waals surface area contributed by atoms with Crippen molar-refractivity contribution in [3.63, 3.8) is 0 Å². The highest BCUT2D eigenvalue weighted by Crippen LogP contribution is 2.34. The van der Waals surface area contributed by atoms with E-state index in [1.54, 1.807) is 36.4 Å². The molecular formula is C24H24FNO6S. The van der Waals surface area contributed by atoms with Crippen LogP contribution in [0.4, 0.5) is 9.18 Å². The third kappa shape index (κ3) is 6.58. The molecule has 33 heavy (non-hydrogen) atoms. The zero-order valence-electron chi connectivity index (χ0n) is 18.5. The summed E-state index contributed by atoms with van der Waals surface area (Å²) in [5.74, 6) is -0.445. The van der Waals surface area contributed by atoms with E-state index in [9.17, 15) is 18.8 Å². The number of methoxy groups -OCH3 is 1. The summed E-state index contributed by atoms with van der Waals surface area (Å²) in [5.41, 5.74) is 1.41. The number of amides is 2. The minimum Gasteiger partial charge on any atom is -0.493 e. The van der Waals surface area contributed by atoms with Crippen LogP contribution in [0.3, 0.4) is 0 Å². The van der Waals surface area contributed by atoms with Gasteiger partial charge in [0.25, 0.3) is 11.1 Å². The number of halogens is 1. The number of ether oxygens (including phenoxy) is 3. The van der Waals surface area contributed by atoms with Crippen LogP contribution in [-0.4, -0.2) is 42.3 Å². The van der Waals surface area contributed by atoms with E-state index in [4.69, 9.17) is 14.2 Å². The van der Waals surface area contributed by atoms with Gasteiger partial charge in [0.15, 0.2) is 11.5 Å². The van der Waals surface area contributed by atoms with Crippen LogP contribution in [0.1, 0.15) is 25.0 Å². The fourth-order valence-electron chi connectivity index (χ4n) is 2.86. The van der Waals surface area contributed by atoms with Gasteiger partial charge in [-0.1, -0.05) is 32.0 Å². The number of carbonyl (C=O) groups excluding carboxylic acids is 3. The molecule has 0 aromatic heterocycles. The summed E-state index contributed by atoms with van der Waals surface area (Å²) in [4.78, 5) is 37.8. The van der Waals surface area contributed by atoms with Crippen LogP contribution in [0.2, 0.25) is 0 Å². The van der Waals surface area contributed by atoms with E-state index in [0.717, 1.165) is 22.2 Å². The van der Waals surface area contributed by atoms with Crippen molar-refractivity contribution in [2.45, 2.75) is 20.5 Å². The molecular weight excluding hydrogens is 449 g/mol. The molecule has 0 saturated carbocycles.